The molecule has 0 spiro atoms. The van der Waals surface area contributed by atoms with Crippen LogP contribution >= 0.6 is 34.7 Å². The summed E-state index contributed by atoms with van der Waals surface area (Å²) in [5, 5.41) is 5.80. The summed E-state index contributed by atoms with van der Waals surface area (Å²) in [4.78, 5) is 18.7. The molecule has 4 rings (SSSR count). The van der Waals surface area contributed by atoms with Crippen molar-refractivity contribution in [3.8, 4) is 11.3 Å². The van der Waals surface area contributed by atoms with Gasteiger partial charge >= 0.3 is 0 Å². The van der Waals surface area contributed by atoms with E-state index >= 15 is 0 Å². The maximum Gasteiger partial charge on any atom is 0.244 e. The molecule has 3 aromatic carbocycles. The third-order valence-electron chi connectivity index (χ3n) is 4.21. The number of nitrogens with zero attached hydrogens (tertiary/aromatic N) is 1. The van der Waals surface area contributed by atoms with Crippen molar-refractivity contribution in [3.63, 3.8) is 0 Å². The Balaban J connectivity index is 1.54. The van der Waals surface area contributed by atoms with Crippen LogP contribution in [0.5, 0.6) is 0 Å². The zero-order valence-electron chi connectivity index (χ0n) is 15.3. The average Bonchev–Trinajstić information content (AvgIpc) is 3.22. The van der Waals surface area contributed by atoms with E-state index in [1.165, 1.54) is 23.1 Å². The van der Waals surface area contributed by atoms with Gasteiger partial charge < -0.3 is 5.32 Å². The van der Waals surface area contributed by atoms with E-state index in [2.05, 4.69) is 10.3 Å². The highest BCUT2D eigenvalue weighted by molar-refractivity contribution is 8.00. The number of halogens is 1. The zero-order chi connectivity index (χ0) is 20.1. The summed E-state index contributed by atoms with van der Waals surface area (Å²) in [5.74, 6) is -0.0953. The van der Waals surface area contributed by atoms with Crippen molar-refractivity contribution in [2.75, 3.05) is 5.32 Å². The van der Waals surface area contributed by atoms with Gasteiger partial charge in [-0.3, -0.25) is 4.79 Å². The number of anilines is 1. The van der Waals surface area contributed by atoms with Gasteiger partial charge in [0.2, 0.25) is 5.91 Å². The fourth-order valence-corrected chi connectivity index (χ4v) is 4.69. The number of thioether (sulfide) groups is 1. The summed E-state index contributed by atoms with van der Waals surface area (Å²) in [6, 6.07) is 27.2. The third-order valence-corrected chi connectivity index (χ3v) is 6.49. The number of hydrogen-bond donors (Lipinski definition) is 1. The molecule has 1 atom stereocenters. The molecule has 29 heavy (non-hydrogen) atoms. The lowest BCUT2D eigenvalue weighted by molar-refractivity contribution is -0.115. The first-order valence-electron chi connectivity index (χ1n) is 8.98. The largest absolute Gasteiger partial charge is 0.301 e. The molecule has 0 aliphatic carbocycles. The highest BCUT2D eigenvalue weighted by Gasteiger charge is 2.23. The molecule has 4 aromatic rings. The Kier molecular flexibility index (Phi) is 6.30. The van der Waals surface area contributed by atoms with Gasteiger partial charge in [0.1, 0.15) is 5.25 Å². The lowest BCUT2D eigenvalue weighted by Gasteiger charge is -2.16. The molecule has 1 amide bonds. The molecule has 0 saturated carbocycles. The maximum atomic E-state index is 13.1. The van der Waals surface area contributed by atoms with Crippen LogP contribution in [0.4, 0.5) is 5.13 Å². The minimum absolute atomic E-state index is 0.0953. The van der Waals surface area contributed by atoms with E-state index in [0.717, 1.165) is 21.7 Å². The van der Waals surface area contributed by atoms with E-state index in [9.17, 15) is 4.79 Å². The molecule has 0 radical (unpaired) electrons. The monoisotopic (exact) mass is 436 g/mol. The number of thiazole rings is 1. The highest BCUT2D eigenvalue weighted by atomic mass is 35.5. The van der Waals surface area contributed by atoms with E-state index in [4.69, 9.17) is 11.6 Å². The number of amides is 1. The average molecular weight is 437 g/mol. The summed E-state index contributed by atoms with van der Waals surface area (Å²) in [6.07, 6.45) is 0. The van der Waals surface area contributed by atoms with Crippen LogP contribution in [0.3, 0.4) is 0 Å². The molecule has 0 bridgehead atoms. The number of benzene rings is 3. The zero-order valence-corrected chi connectivity index (χ0v) is 17.7. The van der Waals surface area contributed by atoms with Gasteiger partial charge in [-0.15, -0.1) is 23.1 Å². The van der Waals surface area contributed by atoms with Gasteiger partial charge in [-0.1, -0.05) is 72.3 Å². The van der Waals surface area contributed by atoms with Crippen LogP contribution in [0.15, 0.2) is 95.2 Å². The molecule has 6 heteroatoms. The quantitative estimate of drug-likeness (QED) is 0.333. The lowest BCUT2D eigenvalue weighted by atomic mass is 10.1. The maximum absolute atomic E-state index is 13.1. The van der Waals surface area contributed by atoms with Crippen LogP contribution < -0.4 is 5.32 Å². The Hall–Kier alpha value is -2.60. The van der Waals surface area contributed by atoms with Crippen molar-refractivity contribution in [1.82, 2.24) is 4.98 Å². The number of aromatic nitrogens is 1. The summed E-state index contributed by atoms with van der Waals surface area (Å²) in [7, 11) is 0. The first-order chi connectivity index (χ1) is 14.2. The second kappa shape index (κ2) is 9.27. The third kappa shape index (κ3) is 5.07. The smallest absolute Gasteiger partial charge is 0.244 e. The van der Waals surface area contributed by atoms with Crippen LogP contribution in [0.2, 0.25) is 5.02 Å². The van der Waals surface area contributed by atoms with Gasteiger partial charge in [0.25, 0.3) is 0 Å². The standard InChI is InChI=1S/C23H17ClN2OS2/c24-18-13-11-16(12-14-18)20-15-28-23(25-20)26-22(27)21(17-7-3-1-4-8-17)29-19-9-5-2-6-10-19/h1-15,21H,(H,25,26,27). The summed E-state index contributed by atoms with van der Waals surface area (Å²) in [6.45, 7) is 0. The lowest BCUT2D eigenvalue weighted by Crippen LogP contribution is -2.18. The summed E-state index contributed by atoms with van der Waals surface area (Å²) < 4.78 is 0. The van der Waals surface area contributed by atoms with Gasteiger partial charge in [-0.25, -0.2) is 4.98 Å². The number of nitrogens with one attached hydrogen (secondary N) is 1. The van der Waals surface area contributed by atoms with Gasteiger partial charge in [-0.05, 0) is 29.8 Å². The molecule has 1 heterocycles. The molecule has 0 aliphatic rings. The number of carbonyl (C=O) groups is 1. The fraction of sp³-hybridized carbons (Fsp3) is 0.0435. The van der Waals surface area contributed by atoms with Gasteiger partial charge in [0, 0.05) is 20.9 Å². The first kappa shape index (κ1) is 19.7. The van der Waals surface area contributed by atoms with Crippen molar-refractivity contribution < 1.29 is 4.79 Å². The van der Waals surface area contributed by atoms with Crippen molar-refractivity contribution in [2.24, 2.45) is 0 Å². The van der Waals surface area contributed by atoms with Crippen molar-refractivity contribution in [3.05, 3.63) is 101 Å². The molecule has 0 fully saturated rings. The Morgan fingerprint density at radius 3 is 2.28 bits per heavy atom. The second-order valence-corrected chi connectivity index (χ2v) is 8.73. The molecular weight excluding hydrogens is 420 g/mol. The van der Waals surface area contributed by atoms with Gasteiger partial charge in [0.05, 0.1) is 5.69 Å². The molecule has 3 nitrogen and oxygen atoms in total. The molecular formula is C23H17ClN2OS2. The summed E-state index contributed by atoms with van der Waals surface area (Å²) >= 11 is 8.89. The predicted molar refractivity (Wildman–Crippen MR) is 123 cm³/mol. The molecule has 144 valence electrons. The molecule has 0 saturated heterocycles. The molecule has 0 aliphatic heterocycles. The number of rotatable bonds is 6. The van der Waals surface area contributed by atoms with Crippen LogP contribution in [0, 0.1) is 0 Å². The Morgan fingerprint density at radius 2 is 1.59 bits per heavy atom. The van der Waals surface area contributed by atoms with Crippen LogP contribution in [-0.2, 0) is 4.79 Å². The Labute approximate surface area is 182 Å². The number of carbonyl (C=O) groups excluding carboxylic acids is 1. The number of hydrogen-bond acceptors (Lipinski definition) is 4. The van der Waals surface area contributed by atoms with Crippen LogP contribution in [-0.4, -0.2) is 10.9 Å². The Bertz CT molecular complexity index is 1080. The minimum atomic E-state index is -0.374. The highest BCUT2D eigenvalue weighted by Crippen LogP contribution is 2.36. The van der Waals surface area contributed by atoms with E-state index in [1.54, 1.807) is 0 Å². The second-order valence-electron chi connectivity index (χ2n) is 6.26. The fourth-order valence-electron chi connectivity index (χ4n) is 2.79. The molecule has 1 aromatic heterocycles. The van der Waals surface area contributed by atoms with E-state index in [1.807, 2.05) is 90.3 Å². The van der Waals surface area contributed by atoms with Crippen molar-refractivity contribution in [1.29, 1.82) is 0 Å². The van der Waals surface area contributed by atoms with E-state index < -0.39 is 0 Å². The first-order valence-corrected chi connectivity index (χ1v) is 11.1. The molecule has 1 unspecified atom stereocenters. The van der Waals surface area contributed by atoms with Crippen LogP contribution in [0.25, 0.3) is 11.3 Å². The van der Waals surface area contributed by atoms with Crippen molar-refractivity contribution >= 4 is 45.7 Å². The normalized spacial score (nSPS) is 11.8. The summed E-state index contributed by atoms with van der Waals surface area (Å²) in [5.41, 5.74) is 2.73. The Morgan fingerprint density at radius 1 is 0.931 bits per heavy atom. The van der Waals surface area contributed by atoms with E-state index in [0.29, 0.717) is 10.2 Å². The SMILES string of the molecule is O=C(Nc1nc(-c2ccc(Cl)cc2)cs1)C(Sc1ccccc1)c1ccccc1. The van der Waals surface area contributed by atoms with Gasteiger partial charge in [-0.2, -0.15) is 0 Å². The topological polar surface area (TPSA) is 42.0 Å². The minimum Gasteiger partial charge on any atom is -0.301 e. The van der Waals surface area contributed by atoms with Crippen molar-refractivity contribution in [2.45, 2.75) is 10.1 Å². The van der Waals surface area contributed by atoms with E-state index in [-0.39, 0.29) is 11.2 Å². The molecule has 1 N–H and O–H groups in total. The van der Waals surface area contributed by atoms with Crippen LogP contribution in [0.1, 0.15) is 10.8 Å². The predicted octanol–water partition coefficient (Wildman–Crippen LogP) is 6.94. The van der Waals surface area contributed by atoms with Gasteiger partial charge in [0.15, 0.2) is 5.13 Å².